The second-order valence-corrected chi connectivity index (χ2v) is 6.16. The Morgan fingerprint density at radius 2 is 2.12 bits per heavy atom. The predicted molar refractivity (Wildman–Crippen MR) is 83.0 cm³/mol. The van der Waals surface area contributed by atoms with Gasteiger partial charge in [-0.05, 0) is 38.8 Å². The number of nitrogens with zero attached hydrogens (tertiary/aromatic N) is 4. The molecule has 1 aliphatic rings. The van der Waals surface area contributed by atoms with Crippen molar-refractivity contribution >= 4 is 11.7 Å². The molecule has 0 aliphatic carbocycles. The molecule has 1 saturated heterocycles. The summed E-state index contributed by atoms with van der Waals surface area (Å²) in [7, 11) is 0. The van der Waals surface area contributed by atoms with Gasteiger partial charge >= 0.3 is 6.18 Å². The molecule has 1 atom stereocenters. The number of hydrogen-bond donors (Lipinski definition) is 2. The summed E-state index contributed by atoms with van der Waals surface area (Å²) in [6.45, 7) is 5.00. The summed E-state index contributed by atoms with van der Waals surface area (Å²) in [5.74, 6) is -1.39. The molecule has 10 heteroatoms. The Balaban J connectivity index is 1.77. The van der Waals surface area contributed by atoms with Crippen molar-refractivity contribution < 1.29 is 18.0 Å². The molecule has 0 saturated carbocycles. The van der Waals surface area contributed by atoms with Crippen LogP contribution in [-0.2, 0) is 17.4 Å². The van der Waals surface area contributed by atoms with Gasteiger partial charge in [0.1, 0.15) is 0 Å². The molecule has 2 aromatic rings. The first-order chi connectivity index (χ1) is 11.8. The van der Waals surface area contributed by atoms with Crippen LogP contribution >= 0.6 is 0 Å². The van der Waals surface area contributed by atoms with Crippen LogP contribution in [0.15, 0.2) is 0 Å². The van der Waals surface area contributed by atoms with Gasteiger partial charge in [-0.3, -0.25) is 4.79 Å². The second kappa shape index (κ2) is 6.58. The Morgan fingerprint density at radius 3 is 2.76 bits per heavy atom. The van der Waals surface area contributed by atoms with E-state index < -0.39 is 12.0 Å². The van der Waals surface area contributed by atoms with Gasteiger partial charge in [-0.15, -0.1) is 5.10 Å². The maximum Gasteiger partial charge on any atom is 0.453 e. The van der Waals surface area contributed by atoms with Crippen LogP contribution in [0.5, 0.6) is 0 Å². The minimum Gasteiger partial charge on any atom is -0.352 e. The number of alkyl halides is 3. The Morgan fingerprint density at radius 1 is 1.36 bits per heavy atom. The highest BCUT2D eigenvalue weighted by Crippen LogP contribution is 2.27. The maximum atomic E-state index is 12.8. The van der Waals surface area contributed by atoms with Crippen molar-refractivity contribution in [1.82, 2.24) is 30.2 Å². The number of aryl methyl sites for hydroxylation is 2. The fraction of sp³-hybridized carbons (Fsp3) is 0.600. The molecule has 2 N–H and O–H groups in total. The highest BCUT2D eigenvalue weighted by atomic mass is 19.4. The van der Waals surface area contributed by atoms with Crippen molar-refractivity contribution in [2.24, 2.45) is 0 Å². The molecule has 1 amide bonds. The van der Waals surface area contributed by atoms with Crippen LogP contribution < -0.4 is 10.6 Å². The lowest BCUT2D eigenvalue weighted by atomic mass is 10.1. The SMILES string of the molecule is Cc1nc2nc(C(F)(F)F)nn2c(C)c1CCC(=O)NC1CCNC1. The number of nitrogens with one attached hydrogen (secondary N) is 2. The third-order valence-electron chi connectivity index (χ3n) is 4.33. The number of halogens is 3. The zero-order valence-corrected chi connectivity index (χ0v) is 13.9. The van der Waals surface area contributed by atoms with Crippen molar-refractivity contribution in [3.05, 3.63) is 22.8 Å². The fourth-order valence-electron chi connectivity index (χ4n) is 3.01. The summed E-state index contributed by atoms with van der Waals surface area (Å²) in [6, 6.07) is 0.139. The van der Waals surface area contributed by atoms with Crippen LogP contribution in [0.4, 0.5) is 13.2 Å². The van der Waals surface area contributed by atoms with Gasteiger partial charge in [-0.25, -0.2) is 9.50 Å². The van der Waals surface area contributed by atoms with E-state index in [0.717, 1.165) is 24.0 Å². The molecule has 1 unspecified atom stereocenters. The maximum absolute atomic E-state index is 12.8. The lowest BCUT2D eigenvalue weighted by molar-refractivity contribution is -0.144. The normalized spacial score (nSPS) is 18.0. The molecule has 3 rings (SSSR count). The van der Waals surface area contributed by atoms with Crippen molar-refractivity contribution in [2.45, 2.75) is 45.3 Å². The minimum atomic E-state index is -4.62. The zero-order chi connectivity index (χ0) is 18.2. The highest BCUT2D eigenvalue weighted by molar-refractivity contribution is 5.76. The molecule has 136 valence electrons. The topological polar surface area (TPSA) is 84.2 Å². The standard InChI is InChI=1S/C15H19F3N6O/c1-8-11(3-4-12(25)21-10-5-6-19-7-10)9(2)24-14(20-8)22-13(23-24)15(16,17)18/h10,19H,3-7H2,1-2H3,(H,21,25). The van der Waals surface area contributed by atoms with Gasteiger partial charge in [0, 0.05) is 30.4 Å². The number of carbonyl (C=O) groups is 1. The van der Waals surface area contributed by atoms with Crippen molar-refractivity contribution in [3.63, 3.8) is 0 Å². The van der Waals surface area contributed by atoms with E-state index in [1.54, 1.807) is 13.8 Å². The van der Waals surface area contributed by atoms with Crippen LogP contribution in [0, 0.1) is 13.8 Å². The predicted octanol–water partition coefficient (Wildman–Crippen LogP) is 1.17. The van der Waals surface area contributed by atoms with E-state index in [9.17, 15) is 18.0 Å². The largest absolute Gasteiger partial charge is 0.453 e. The summed E-state index contributed by atoms with van der Waals surface area (Å²) in [5.41, 5.74) is 1.79. The fourth-order valence-corrected chi connectivity index (χ4v) is 3.01. The summed E-state index contributed by atoms with van der Waals surface area (Å²) >= 11 is 0. The number of rotatable bonds is 4. The number of hydrogen-bond acceptors (Lipinski definition) is 5. The molecule has 0 aromatic carbocycles. The lowest BCUT2D eigenvalue weighted by Gasteiger charge is -2.13. The Labute approximate surface area is 142 Å². The van der Waals surface area contributed by atoms with Crippen LogP contribution in [0.2, 0.25) is 0 Å². The second-order valence-electron chi connectivity index (χ2n) is 6.16. The average Bonchev–Trinajstić information content (AvgIpc) is 3.15. The molecule has 0 spiro atoms. The molecule has 2 aromatic heterocycles. The quantitative estimate of drug-likeness (QED) is 0.859. The van der Waals surface area contributed by atoms with Crippen LogP contribution in [-0.4, -0.2) is 44.6 Å². The van der Waals surface area contributed by atoms with Gasteiger partial charge < -0.3 is 10.6 Å². The first kappa shape index (κ1) is 17.6. The van der Waals surface area contributed by atoms with E-state index in [1.807, 2.05) is 0 Å². The van der Waals surface area contributed by atoms with Gasteiger partial charge in [-0.2, -0.15) is 18.2 Å². The van der Waals surface area contributed by atoms with E-state index in [2.05, 4.69) is 25.7 Å². The molecule has 0 radical (unpaired) electrons. The van der Waals surface area contributed by atoms with E-state index in [1.165, 1.54) is 0 Å². The molecule has 1 aliphatic heterocycles. The third-order valence-corrected chi connectivity index (χ3v) is 4.33. The number of fused-ring (bicyclic) bond motifs is 1. The highest BCUT2D eigenvalue weighted by Gasteiger charge is 2.37. The van der Waals surface area contributed by atoms with E-state index in [0.29, 0.717) is 23.4 Å². The van der Waals surface area contributed by atoms with Crippen molar-refractivity contribution in [3.8, 4) is 0 Å². The Kier molecular flexibility index (Phi) is 4.63. The van der Waals surface area contributed by atoms with E-state index in [4.69, 9.17) is 0 Å². The summed E-state index contributed by atoms with van der Waals surface area (Å²) in [4.78, 5) is 19.6. The molecule has 1 fully saturated rings. The molecule has 0 bridgehead atoms. The van der Waals surface area contributed by atoms with Gasteiger partial charge in [0.05, 0.1) is 0 Å². The van der Waals surface area contributed by atoms with Crippen molar-refractivity contribution in [1.29, 1.82) is 0 Å². The molecule has 3 heterocycles. The molecular formula is C15H19F3N6O. The Hall–Kier alpha value is -2.23. The summed E-state index contributed by atoms with van der Waals surface area (Å²) in [5, 5.41) is 9.62. The number of amides is 1. The van der Waals surface area contributed by atoms with Gasteiger partial charge in [0.2, 0.25) is 5.91 Å². The monoisotopic (exact) mass is 356 g/mol. The number of carbonyl (C=O) groups excluding carboxylic acids is 1. The van der Waals surface area contributed by atoms with E-state index in [-0.39, 0.29) is 24.1 Å². The van der Waals surface area contributed by atoms with Crippen LogP contribution in [0.25, 0.3) is 5.78 Å². The number of aromatic nitrogens is 4. The first-order valence-corrected chi connectivity index (χ1v) is 8.06. The lowest BCUT2D eigenvalue weighted by Crippen LogP contribution is -2.36. The summed E-state index contributed by atoms with van der Waals surface area (Å²) in [6.07, 6.45) is -3.10. The summed E-state index contributed by atoms with van der Waals surface area (Å²) < 4.78 is 39.4. The smallest absolute Gasteiger partial charge is 0.352 e. The molecule has 25 heavy (non-hydrogen) atoms. The van der Waals surface area contributed by atoms with Crippen LogP contribution in [0.3, 0.4) is 0 Å². The first-order valence-electron chi connectivity index (χ1n) is 8.06. The zero-order valence-electron chi connectivity index (χ0n) is 13.9. The average molecular weight is 356 g/mol. The Bertz CT molecular complexity index is 795. The van der Waals surface area contributed by atoms with Crippen molar-refractivity contribution in [2.75, 3.05) is 13.1 Å². The van der Waals surface area contributed by atoms with E-state index >= 15 is 0 Å². The van der Waals surface area contributed by atoms with Gasteiger partial charge in [-0.1, -0.05) is 0 Å². The van der Waals surface area contributed by atoms with Gasteiger partial charge in [0.15, 0.2) is 0 Å². The molecular weight excluding hydrogens is 337 g/mol. The molecule has 7 nitrogen and oxygen atoms in total. The van der Waals surface area contributed by atoms with Crippen LogP contribution in [0.1, 0.15) is 35.6 Å². The third kappa shape index (κ3) is 3.73. The minimum absolute atomic E-state index is 0.0813. The van der Waals surface area contributed by atoms with Gasteiger partial charge in [0.25, 0.3) is 11.6 Å².